The van der Waals surface area contributed by atoms with Crippen molar-refractivity contribution in [1.82, 2.24) is 9.97 Å². The molecule has 0 saturated carbocycles. The highest BCUT2D eigenvalue weighted by Crippen LogP contribution is 2.25. The number of nitrogens with one attached hydrogen (secondary N) is 1. The van der Waals surface area contributed by atoms with Crippen LogP contribution >= 0.6 is 27.5 Å². The molecule has 0 atom stereocenters. The van der Waals surface area contributed by atoms with Crippen LogP contribution in [0.15, 0.2) is 65.5 Å². The number of ether oxygens (including phenoxy) is 1. The van der Waals surface area contributed by atoms with Crippen molar-refractivity contribution >= 4 is 39.3 Å². The SMILES string of the molecule is O=C(Nc1ncccc1OCc1ccncc1)c1cc(Br)ccc1Cl. The van der Waals surface area contributed by atoms with Crippen molar-refractivity contribution in [3.05, 3.63) is 81.7 Å². The van der Waals surface area contributed by atoms with Gasteiger partial charge in [-0.3, -0.25) is 9.78 Å². The molecule has 1 N–H and O–H groups in total. The van der Waals surface area contributed by atoms with Gasteiger partial charge in [-0.05, 0) is 48.0 Å². The molecule has 0 unspecified atom stereocenters. The summed E-state index contributed by atoms with van der Waals surface area (Å²) in [5.74, 6) is 0.440. The van der Waals surface area contributed by atoms with Crippen LogP contribution in [0.2, 0.25) is 5.02 Å². The summed E-state index contributed by atoms with van der Waals surface area (Å²) in [5.41, 5.74) is 1.31. The van der Waals surface area contributed by atoms with E-state index in [0.717, 1.165) is 10.0 Å². The summed E-state index contributed by atoms with van der Waals surface area (Å²) in [7, 11) is 0. The van der Waals surface area contributed by atoms with Crippen molar-refractivity contribution in [2.45, 2.75) is 6.61 Å². The van der Waals surface area contributed by atoms with E-state index in [4.69, 9.17) is 16.3 Å². The maximum atomic E-state index is 12.5. The van der Waals surface area contributed by atoms with E-state index in [1.165, 1.54) is 0 Å². The molecule has 2 aromatic heterocycles. The number of amides is 1. The molecule has 0 radical (unpaired) electrons. The van der Waals surface area contributed by atoms with Gasteiger partial charge >= 0.3 is 0 Å². The van der Waals surface area contributed by atoms with Crippen LogP contribution in [0.5, 0.6) is 5.75 Å². The lowest BCUT2D eigenvalue weighted by molar-refractivity contribution is 0.102. The van der Waals surface area contributed by atoms with Crippen LogP contribution in [0.1, 0.15) is 15.9 Å². The standard InChI is InChI=1S/C18H13BrClN3O2/c19-13-3-4-15(20)14(10-13)18(24)23-17-16(2-1-7-22-17)25-11-12-5-8-21-9-6-12/h1-10H,11H2,(H,22,23,24). The summed E-state index contributed by atoms with van der Waals surface area (Å²) in [6.45, 7) is 0.342. The lowest BCUT2D eigenvalue weighted by atomic mass is 10.2. The molecule has 0 fully saturated rings. The lowest BCUT2D eigenvalue weighted by Crippen LogP contribution is -2.14. The predicted molar refractivity (Wildman–Crippen MR) is 99.9 cm³/mol. The van der Waals surface area contributed by atoms with Gasteiger partial charge in [-0.2, -0.15) is 0 Å². The summed E-state index contributed by atoms with van der Waals surface area (Å²) in [5, 5.41) is 3.10. The third kappa shape index (κ3) is 4.55. The molecule has 0 aliphatic carbocycles. The van der Waals surface area contributed by atoms with E-state index in [0.29, 0.717) is 28.8 Å². The monoisotopic (exact) mass is 417 g/mol. The molecule has 1 amide bonds. The topological polar surface area (TPSA) is 64.1 Å². The fourth-order valence-corrected chi connectivity index (χ4v) is 2.65. The smallest absolute Gasteiger partial charge is 0.258 e. The van der Waals surface area contributed by atoms with Gasteiger partial charge in [0.1, 0.15) is 6.61 Å². The highest BCUT2D eigenvalue weighted by Gasteiger charge is 2.14. The second-order valence-corrected chi connectivity index (χ2v) is 6.40. The third-order valence-electron chi connectivity index (χ3n) is 3.32. The average Bonchev–Trinajstić information content (AvgIpc) is 2.64. The number of aromatic nitrogens is 2. The van der Waals surface area contributed by atoms with Crippen molar-refractivity contribution in [3.63, 3.8) is 0 Å². The van der Waals surface area contributed by atoms with Gasteiger partial charge < -0.3 is 10.1 Å². The molecule has 25 heavy (non-hydrogen) atoms. The first kappa shape index (κ1) is 17.4. The zero-order chi connectivity index (χ0) is 17.6. The van der Waals surface area contributed by atoms with Crippen LogP contribution in [0.3, 0.4) is 0 Å². The Labute approximate surface area is 158 Å². The number of anilines is 1. The molecule has 126 valence electrons. The molecule has 3 aromatic rings. The van der Waals surface area contributed by atoms with Crippen molar-refractivity contribution < 1.29 is 9.53 Å². The van der Waals surface area contributed by atoms with Crippen molar-refractivity contribution in [3.8, 4) is 5.75 Å². The number of rotatable bonds is 5. The Kier molecular flexibility index (Phi) is 5.63. The van der Waals surface area contributed by atoms with Crippen LogP contribution in [0.4, 0.5) is 5.82 Å². The summed E-state index contributed by atoms with van der Waals surface area (Å²) >= 11 is 9.43. The molecule has 0 bridgehead atoms. The molecule has 2 heterocycles. The second-order valence-electron chi connectivity index (χ2n) is 5.07. The Morgan fingerprint density at radius 2 is 1.96 bits per heavy atom. The predicted octanol–water partition coefficient (Wildman–Crippen LogP) is 4.72. The number of hydrogen-bond donors (Lipinski definition) is 1. The van der Waals surface area contributed by atoms with Crippen LogP contribution < -0.4 is 10.1 Å². The maximum Gasteiger partial charge on any atom is 0.258 e. The van der Waals surface area contributed by atoms with Gasteiger partial charge in [0.25, 0.3) is 5.91 Å². The van der Waals surface area contributed by atoms with E-state index >= 15 is 0 Å². The Hall–Kier alpha value is -2.44. The molecule has 5 nitrogen and oxygen atoms in total. The molecule has 0 spiro atoms. The van der Waals surface area contributed by atoms with Crippen molar-refractivity contribution in [2.75, 3.05) is 5.32 Å². The Morgan fingerprint density at radius 3 is 2.76 bits per heavy atom. The molecule has 0 aliphatic rings. The summed E-state index contributed by atoms with van der Waals surface area (Å²) < 4.78 is 6.53. The van der Waals surface area contributed by atoms with Gasteiger partial charge in [-0.15, -0.1) is 0 Å². The first-order chi connectivity index (χ1) is 12.1. The summed E-state index contributed by atoms with van der Waals surface area (Å²) in [4.78, 5) is 20.6. The molecular weight excluding hydrogens is 406 g/mol. The van der Waals surface area contributed by atoms with E-state index in [2.05, 4.69) is 31.2 Å². The maximum absolute atomic E-state index is 12.5. The highest BCUT2D eigenvalue weighted by atomic mass is 79.9. The first-order valence-corrected chi connectivity index (χ1v) is 8.54. The van der Waals surface area contributed by atoms with Crippen LogP contribution in [0.25, 0.3) is 0 Å². The number of nitrogens with zero attached hydrogens (tertiary/aromatic N) is 2. The van der Waals surface area contributed by atoms with E-state index in [1.807, 2.05) is 12.1 Å². The van der Waals surface area contributed by atoms with Crippen LogP contribution in [0, 0.1) is 0 Å². The van der Waals surface area contributed by atoms with E-state index in [9.17, 15) is 4.79 Å². The third-order valence-corrected chi connectivity index (χ3v) is 4.14. The van der Waals surface area contributed by atoms with Gasteiger partial charge in [0.05, 0.1) is 10.6 Å². The number of carbonyl (C=O) groups is 1. The Bertz CT molecular complexity index is 890. The number of halogens is 2. The number of benzene rings is 1. The molecule has 7 heteroatoms. The summed E-state index contributed by atoms with van der Waals surface area (Å²) in [6.07, 6.45) is 4.97. The molecular formula is C18H13BrClN3O2. The first-order valence-electron chi connectivity index (χ1n) is 7.36. The normalized spacial score (nSPS) is 10.3. The minimum absolute atomic E-state index is 0.331. The Balaban J connectivity index is 1.76. The summed E-state index contributed by atoms with van der Waals surface area (Å²) in [6, 6.07) is 12.3. The van der Waals surface area contributed by atoms with E-state index < -0.39 is 0 Å². The minimum atomic E-state index is -0.362. The van der Waals surface area contributed by atoms with E-state index in [-0.39, 0.29) is 5.91 Å². The molecule has 1 aromatic carbocycles. The fourth-order valence-electron chi connectivity index (χ4n) is 2.09. The largest absolute Gasteiger partial charge is 0.485 e. The van der Waals surface area contributed by atoms with Crippen molar-refractivity contribution in [1.29, 1.82) is 0 Å². The molecule has 0 aliphatic heterocycles. The number of hydrogen-bond acceptors (Lipinski definition) is 4. The van der Waals surface area contributed by atoms with Gasteiger partial charge in [0, 0.05) is 23.1 Å². The zero-order valence-electron chi connectivity index (χ0n) is 12.9. The van der Waals surface area contributed by atoms with Gasteiger partial charge in [0.15, 0.2) is 11.6 Å². The quantitative estimate of drug-likeness (QED) is 0.651. The number of pyridine rings is 2. The van der Waals surface area contributed by atoms with Gasteiger partial charge in [0.2, 0.25) is 0 Å². The zero-order valence-corrected chi connectivity index (χ0v) is 15.3. The Morgan fingerprint density at radius 1 is 1.16 bits per heavy atom. The fraction of sp³-hybridized carbons (Fsp3) is 0.0556. The minimum Gasteiger partial charge on any atom is -0.485 e. The van der Waals surface area contributed by atoms with Gasteiger partial charge in [-0.1, -0.05) is 27.5 Å². The lowest BCUT2D eigenvalue weighted by Gasteiger charge is -2.12. The number of carbonyl (C=O) groups excluding carboxylic acids is 1. The van der Waals surface area contributed by atoms with Crippen molar-refractivity contribution in [2.24, 2.45) is 0 Å². The van der Waals surface area contributed by atoms with Crippen LogP contribution in [-0.4, -0.2) is 15.9 Å². The van der Waals surface area contributed by atoms with Gasteiger partial charge in [-0.25, -0.2) is 4.98 Å². The second kappa shape index (κ2) is 8.09. The van der Waals surface area contributed by atoms with E-state index in [1.54, 1.807) is 48.9 Å². The van der Waals surface area contributed by atoms with Crippen LogP contribution in [-0.2, 0) is 6.61 Å². The molecule has 0 saturated heterocycles. The molecule has 3 rings (SSSR count). The average molecular weight is 419 g/mol. The highest BCUT2D eigenvalue weighted by molar-refractivity contribution is 9.10.